The van der Waals surface area contributed by atoms with Gasteiger partial charge in [-0.15, -0.1) is 0 Å². The smallest absolute Gasteiger partial charge is 0.257 e. The minimum atomic E-state index is -0.323. The molecule has 206 valence electrons. The molecule has 0 unspecified atom stereocenters. The van der Waals surface area contributed by atoms with Crippen molar-refractivity contribution in [3.63, 3.8) is 0 Å². The number of likely N-dealkylation sites (N-methyl/N-ethyl adjacent to an activating group) is 1. The Bertz CT molecular complexity index is 1120. The topological polar surface area (TPSA) is 107 Å². The lowest BCUT2D eigenvalue weighted by atomic mass is 10.0. The maximum absolute atomic E-state index is 13.5. The van der Waals surface area contributed by atoms with Crippen LogP contribution < -0.4 is 14.8 Å². The number of hydrogen-bond acceptors (Lipinski definition) is 7. The second kappa shape index (κ2) is 13.3. The zero-order chi connectivity index (χ0) is 27.8. The lowest BCUT2D eigenvalue weighted by Crippen LogP contribution is -2.49. The Kier molecular flexibility index (Phi) is 10.1. The van der Waals surface area contributed by atoms with E-state index in [9.17, 15) is 14.4 Å². The number of benzene rings is 2. The Balaban J connectivity index is 1.92. The maximum Gasteiger partial charge on any atom is 0.257 e. The van der Waals surface area contributed by atoms with Crippen LogP contribution in [-0.2, 0) is 14.3 Å². The van der Waals surface area contributed by atoms with Gasteiger partial charge in [0.05, 0.1) is 24.8 Å². The Morgan fingerprint density at radius 3 is 2.39 bits per heavy atom. The average Bonchev–Trinajstić information content (AvgIpc) is 2.92. The number of nitrogens with zero attached hydrogens (tertiary/aromatic N) is 2. The van der Waals surface area contributed by atoms with Crippen molar-refractivity contribution in [2.45, 2.75) is 26.0 Å². The molecular weight excluding hydrogens is 490 g/mol. The molecule has 2 aromatic rings. The number of nitrogens with one attached hydrogen (secondary N) is 1. The highest BCUT2D eigenvalue weighted by Crippen LogP contribution is 2.27. The Morgan fingerprint density at radius 2 is 1.76 bits per heavy atom. The van der Waals surface area contributed by atoms with E-state index < -0.39 is 0 Å². The summed E-state index contributed by atoms with van der Waals surface area (Å²) < 4.78 is 22.0. The van der Waals surface area contributed by atoms with Crippen LogP contribution in [0.2, 0.25) is 0 Å². The summed E-state index contributed by atoms with van der Waals surface area (Å²) in [5, 5.41) is 2.84. The quantitative estimate of drug-likeness (QED) is 0.616. The van der Waals surface area contributed by atoms with Gasteiger partial charge in [0, 0.05) is 51.5 Å². The largest absolute Gasteiger partial charge is 0.497 e. The van der Waals surface area contributed by atoms with Crippen LogP contribution >= 0.6 is 0 Å². The van der Waals surface area contributed by atoms with E-state index in [1.165, 1.54) is 7.11 Å². The highest BCUT2D eigenvalue weighted by molar-refractivity contribution is 6.05. The van der Waals surface area contributed by atoms with E-state index in [-0.39, 0.29) is 49.0 Å². The SMILES string of the molecule is COCC(=O)N1C[C@H](C)[C@@H](OC)CN(C)C(=O)c2cc(NC(=O)c3ccc(OC)cc3)ccc2OC[C@H]1C. The second-order valence-electron chi connectivity index (χ2n) is 9.47. The van der Waals surface area contributed by atoms with Crippen LogP contribution in [-0.4, -0.2) is 94.3 Å². The third kappa shape index (κ3) is 7.02. The van der Waals surface area contributed by atoms with Gasteiger partial charge in [0.1, 0.15) is 24.7 Å². The molecule has 0 aromatic heterocycles. The molecule has 10 nitrogen and oxygen atoms in total. The molecule has 3 amide bonds. The lowest BCUT2D eigenvalue weighted by Gasteiger charge is -2.36. The number of hydrogen-bond donors (Lipinski definition) is 1. The van der Waals surface area contributed by atoms with Crippen LogP contribution in [0, 0.1) is 5.92 Å². The fraction of sp³-hybridized carbons (Fsp3) is 0.464. The predicted molar refractivity (Wildman–Crippen MR) is 143 cm³/mol. The summed E-state index contributed by atoms with van der Waals surface area (Å²) in [6.45, 7) is 4.74. The fourth-order valence-corrected chi connectivity index (χ4v) is 4.35. The summed E-state index contributed by atoms with van der Waals surface area (Å²) in [7, 11) is 6.33. The molecule has 3 rings (SSSR count). The number of rotatable bonds is 6. The predicted octanol–water partition coefficient (Wildman–Crippen LogP) is 2.93. The molecule has 38 heavy (non-hydrogen) atoms. The van der Waals surface area contributed by atoms with Gasteiger partial charge < -0.3 is 34.1 Å². The van der Waals surface area contributed by atoms with Crippen molar-refractivity contribution < 1.29 is 33.3 Å². The van der Waals surface area contributed by atoms with E-state index in [1.54, 1.807) is 73.5 Å². The standard InChI is InChI=1S/C28H37N3O7/c1-18-14-31(26(32)17-35-4)19(2)16-38-24-12-9-21(13-23(24)28(34)30(3)15-25(18)37-6)29-27(33)20-7-10-22(36-5)11-8-20/h7-13,18-19,25H,14-17H2,1-6H3,(H,29,33)/t18-,19+,25-/m0/s1. The number of ether oxygens (including phenoxy) is 4. The molecule has 1 aliphatic rings. The monoisotopic (exact) mass is 527 g/mol. The maximum atomic E-state index is 13.5. The molecule has 0 saturated heterocycles. The summed E-state index contributed by atoms with van der Waals surface area (Å²) in [5.41, 5.74) is 1.19. The van der Waals surface area contributed by atoms with E-state index in [0.29, 0.717) is 41.4 Å². The van der Waals surface area contributed by atoms with Gasteiger partial charge in [-0.2, -0.15) is 0 Å². The number of fused-ring (bicyclic) bond motifs is 1. The summed E-state index contributed by atoms with van der Waals surface area (Å²) in [6.07, 6.45) is -0.309. The van der Waals surface area contributed by atoms with Crippen molar-refractivity contribution in [2.24, 2.45) is 5.92 Å². The van der Waals surface area contributed by atoms with Crippen molar-refractivity contribution >= 4 is 23.4 Å². The van der Waals surface area contributed by atoms with Gasteiger partial charge in [0.25, 0.3) is 11.8 Å². The highest BCUT2D eigenvalue weighted by atomic mass is 16.5. The normalized spacial score (nSPS) is 20.5. The van der Waals surface area contributed by atoms with Crippen molar-refractivity contribution in [3.05, 3.63) is 53.6 Å². The first-order chi connectivity index (χ1) is 18.2. The Labute approximate surface area is 223 Å². The molecule has 1 heterocycles. The molecule has 10 heteroatoms. The van der Waals surface area contributed by atoms with E-state index in [1.807, 2.05) is 13.8 Å². The highest BCUT2D eigenvalue weighted by Gasteiger charge is 2.30. The van der Waals surface area contributed by atoms with E-state index in [4.69, 9.17) is 18.9 Å². The Hall–Kier alpha value is -3.63. The summed E-state index contributed by atoms with van der Waals surface area (Å²) in [5.74, 6) is 0.202. The minimum Gasteiger partial charge on any atom is -0.497 e. The number of anilines is 1. The molecule has 0 radical (unpaired) electrons. The van der Waals surface area contributed by atoms with Crippen molar-refractivity contribution in [1.29, 1.82) is 0 Å². The summed E-state index contributed by atoms with van der Waals surface area (Å²) in [4.78, 5) is 42.4. The molecule has 0 saturated carbocycles. The zero-order valence-electron chi connectivity index (χ0n) is 22.9. The fourth-order valence-electron chi connectivity index (χ4n) is 4.35. The van der Waals surface area contributed by atoms with Crippen molar-refractivity contribution in [3.8, 4) is 11.5 Å². The molecule has 0 aliphatic carbocycles. The summed E-state index contributed by atoms with van der Waals surface area (Å²) >= 11 is 0. The lowest BCUT2D eigenvalue weighted by molar-refractivity contribution is -0.139. The van der Waals surface area contributed by atoms with Crippen LogP contribution in [0.1, 0.15) is 34.6 Å². The number of carbonyl (C=O) groups is 3. The molecule has 0 bridgehead atoms. The number of carbonyl (C=O) groups excluding carboxylic acids is 3. The minimum absolute atomic E-state index is 0.0407. The third-order valence-corrected chi connectivity index (χ3v) is 6.64. The molecule has 2 aromatic carbocycles. The van der Waals surface area contributed by atoms with Gasteiger partial charge in [-0.05, 0) is 49.4 Å². The van der Waals surface area contributed by atoms with Crippen LogP contribution in [0.5, 0.6) is 11.5 Å². The second-order valence-corrected chi connectivity index (χ2v) is 9.47. The van der Waals surface area contributed by atoms with Gasteiger partial charge in [-0.1, -0.05) is 6.92 Å². The summed E-state index contributed by atoms with van der Waals surface area (Å²) in [6, 6.07) is 11.4. The van der Waals surface area contributed by atoms with Crippen molar-refractivity contribution in [1.82, 2.24) is 9.80 Å². The van der Waals surface area contributed by atoms with E-state index in [0.717, 1.165) is 0 Å². The first kappa shape index (κ1) is 28.9. The third-order valence-electron chi connectivity index (χ3n) is 6.64. The van der Waals surface area contributed by atoms with Crippen LogP contribution in [0.3, 0.4) is 0 Å². The zero-order valence-corrected chi connectivity index (χ0v) is 22.9. The average molecular weight is 528 g/mol. The molecule has 3 atom stereocenters. The first-order valence-corrected chi connectivity index (χ1v) is 12.5. The van der Waals surface area contributed by atoms with Gasteiger partial charge in [-0.3, -0.25) is 14.4 Å². The number of amides is 3. The molecule has 0 fully saturated rings. The van der Waals surface area contributed by atoms with Gasteiger partial charge in [0.15, 0.2) is 0 Å². The molecule has 1 aliphatic heterocycles. The van der Waals surface area contributed by atoms with Gasteiger partial charge >= 0.3 is 0 Å². The van der Waals surface area contributed by atoms with E-state index in [2.05, 4.69) is 5.32 Å². The van der Waals surface area contributed by atoms with Crippen molar-refractivity contribution in [2.75, 3.05) is 60.0 Å². The van der Waals surface area contributed by atoms with Crippen LogP contribution in [0.4, 0.5) is 5.69 Å². The molecular formula is C28H37N3O7. The molecule has 0 spiro atoms. The van der Waals surface area contributed by atoms with E-state index >= 15 is 0 Å². The van der Waals surface area contributed by atoms with Gasteiger partial charge in [0.2, 0.25) is 5.91 Å². The Morgan fingerprint density at radius 1 is 1.05 bits per heavy atom. The van der Waals surface area contributed by atoms with Gasteiger partial charge in [-0.25, -0.2) is 0 Å². The first-order valence-electron chi connectivity index (χ1n) is 12.5. The van der Waals surface area contributed by atoms with Crippen LogP contribution in [0.15, 0.2) is 42.5 Å². The number of methoxy groups -OCH3 is 3. The molecule has 1 N–H and O–H groups in total. The van der Waals surface area contributed by atoms with Crippen LogP contribution in [0.25, 0.3) is 0 Å².